The third-order valence-corrected chi connectivity index (χ3v) is 7.47. The van der Waals surface area contributed by atoms with Crippen LogP contribution in [0.1, 0.15) is 12.5 Å². The number of carbonyl (C=O) groups is 2. The highest BCUT2D eigenvalue weighted by Gasteiger charge is 2.33. The monoisotopic (exact) mass is 551 g/mol. The Morgan fingerprint density at radius 2 is 1.89 bits per heavy atom. The minimum Gasteiger partial charge on any atom is -0.506 e. The summed E-state index contributed by atoms with van der Waals surface area (Å²) >= 11 is 7.18. The van der Waals surface area contributed by atoms with E-state index in [9.17, 15) is 14.7 Å². The molecule has 8 nitrogen and oxygen atoms in total. The molecule has 5 rings (SSSR count). The van der Waals surface area contributed by atoms with Crippen molar-refractivity contribution in [2.75, 3.05) is 32.9 Å². The molecule has 0 atom stereocenters. The van der Waals surface area contributed by atoms with Gasteiger partial charge >= 0.3 is 5.97 Å². The van der Waals surface area contributed by atoms with Crippen LogP contribution in [0.5, 0.6) is 0 Å². The molecule has 2 aliphatic rings. The van der Waals surface area contributed by atoms with Gasteiger partial charge in [-0.25, -0.2) is 9.79 Å². The summed E-state index contributed by atoms with van der Waals surface area (Å²) < 4.78 is 12.5. The van der Waals surface area contributed by atoms with E-state index >= 15 is 0 Å². The van der Waals surface area contributed by atoms with Gasteiger partial charge < -0.3 is 24.0 Å². The smallest absolute Gasteiger partial charge is 0.344 e. The number of fused-ring (bicyclic) bond motifs is 1. The molecule has 0 aliphatic carbocycles. The molecule has 38 heavy (non-hydrogen) atoms. The molecule has 1 fully saturated rings. The van der Waals surface area contributed by atoms with Crippen molar-refractivity contribution in [2.45, 2.75) is 13.5 Å². The van der Waals surface area contributed by atoms with E-state index in [0.29, 0.717) is 47.0 Å². The van der Waals surface area contributed by atoms with Crippen LogP contribution in [0.25, 0.3) is 17.0 Å². The number of esters is 1. The number of hydrogen-bond donors (Lipinski definition) is 1. The maximum absolute atomic E-state index is 12.9. The largest absolute Gasteiger partial charge is 0.506 e. The first-order valence-corrected chi connectivity index (χ1v) is 13.4. The summed E-state index contributed by atoms with van der Waals surface area (Å²) in [5.74, 6) is -0.817. The average molecular weight is 552 g/mol. The zero-order valence-electron chi connectivity index (χ0n) is 20.7. The number of amides is 1. The number of para-hydroxylation sites is 1. The first kappa shape index (κ1) is 26.1. The van der Waals surface area contributed by atoms with E-state index in [0.717, 1.165) is 16.5 Å². The second-order valence-electron chi connectivity index (χ2n) is 8.67. The highest BCUT2D eigenvalue weighted by atomic mass is 35.5. The number of rotatable bonds is 6. The molecule has 1 saturated heterocycles. The number of aromatic nitrogens is 1. The highest BCUT2D eigenvalue weighted by Crippen LogP contribution is 2.41. The molecule has 196 valence electrons. The van der Waals surface area contributed by atoms with Crippen molar-refractivity contribution in [3.63, 3.8) is 0 Å². The average Bonchev–Trinajstić information content (AvgIpc) is 3.42. The Bertz CT molecular complexity index is 1470. The first-order chi connectivity index (χ1) is 18.4. The van der Waals surface area contributed by atoms with Gasteiger partial charge in [0.25, 0.3) is 0 Å². The maximum atomic E-state index is 12.9. The molecule has 2 aromatic carbocycles. The lowest BCUT2D eigenvalue weighted by atomic mass is 10.1. The van der Waals surface area contributed by atoms with Crippen LogP contribution in [-0.2, 0) is 25.6 Å². The number of morpholine rings is 1. The lowest BCUT2D eigenvalue weighted by Gasteiger charge is -2.27. The van der Waals surface area contributed by atoms with Crippen molar-refractivity contribution in [3.05, 3.63) is 81.6 Å². The summed E-state index contributed by atoms with van der Waals surface area (Å²) in [6, 6.07) is 14.6. The number of benzene rings is 2. The van der Waals surface area contributed by atoms with Crippen LogP contribution < -0.4 is 0 Å². The number of nitrogens with zero attached hydrogens (tertiary/aromatic N) is 3. The number of thioether (sulfide) groups is 1. The fourth-order valence-corrected chi connectivity index (χ4v) is 5.50. The number of carbonyl (C=O) groups excluding carboxylic acids is 2. The SMILES string of the molecule is CCOC(=O)C1=C(O)/C(=C\c2cn(CC(=O)N3CCOCC3)c3ccccc23)SC1=Nc1ccc(Cl)cc1. The van der Waals surface area contributed by atoms with Gasteiger partial charge in [0.15, 0.2) is 0 Å². The van der Waals surface area contributed by atoms with Crippen LogP contribution in [0.4, 0.5) is 5.69 Å². The van der Waals surface area contributed by atoms with Gasteiger partial charge in [-0.15, -0.1) is 0 Å². The van der Waals surface area contributed by atoms with Crippen LogP contribution in [0.3, 0.4) is 0 Å². The van der Waals surface area contributed by atoms with Gasteiger partial charge in [0.1, 0.15) is 22.9 Å². The van der Waals surface area contributed by atoms with E-state index in [-0.39, 0.29) is 30.4 Å². The van der Waals surface area contributed by atoms with Crippen molar-refractivity contribution in [1.82, 2.24) is 9.47 Å². The van der Waals surface area contributed by atoms with Crippen molar-refractivity contribution in [2.24, 2.45) is 4.99 Å². The molecule has 0 unspecified atom stereocenters. The molecule has 0 radical (unpaired) electrons. The Kier molecular flexibility index (Phi) is 7.87. The lowest BCUT2D eigenvalue weighted by Crippen LogP contribution is -2.42. The topological polar surface area (TPSA) is 93.4 Å². The van der Waals surface area contributed by atoms with Crippen LogP contribution in [0, 0.1) is 0 Å². The van der Waals surface area contributed by atoms with Gasteiger partial charge in [0, 0.05) is 40.8 Å². The zero-order valence-corrected chi connectivity index (χ0v) is 22.3. The number of aliphatic hydroxyl groups excluding tert-OH is 1. The van der Waals surface area contributed by atoms with E-state index in [4.69, 9.17) is 21.1 Å². The molecule has 1 amide bonds. The Labute approximate surface area is 229 Å². The van der Waals surface area contributed by atoms with Gasteiger partial charge in [0.2, 0.25) is 5.91 Å². The van der Waals surface area contributed by atoms with Crippen LogP contribution in [0.15, 0.2) is 76.0 Å². The van der Waals surface area contributed by atoms with Gasteiger partial charge in [-0.3, -0.25) is 4.79 Å². The number of aliphatic imine (C=N–C) groups is 1. The van der Waals surface area contributed by atoms with Crippen LogP contribution >= 0.6 is 23.4 Å². The fourth-order valence-electron chi connectivity index (χ4n) is 4.35. The van der Waals surface area contributed by atoms with Crippen LogP contribution in [-0.4, -0.2) is 64.4 Å². The second-order valence-corrected chi connectivity index (χ2v) is 10.1. The number of aliphatic hydroxyl groups is 1. The molecule has 0 spiro atoms. The van der Waals surface area contributed by atoms with Crippen molar-refractivity contribution in [3.8, 4) is 0 Å². The van der Waals surface area contributed by atoms with Crippen molar-refractivity contribution >= 4 is 62.9 Å². The Morgan fingerprint density at radius 3 is 2.63 bits per heavy atom. The minimum absolute atomic E-state index is 0.0179. The number of halogens is 1. The van der Waals surface area contributed by atoms with E-state index in [1.807, 2.05) is 46.0 Å². The summed E-state index contributed by atoms with van der Waals surface area (Å²) in [5.41, 5.74) is 2.31. The van der Waals surface area contributed by atoms with Crippen molar-refractivity contribution < 1.29 is 24.2 Å². The number of hydrogen-bond acceptors (Lipinski definition) is 7. The predicted molar refractivity (Wildman–Crippen MR) is 150 cm³/mol. The molecule has 3 aromatic rings. The molecule has 3 heterocycles. The van der Waals surface area contributed by atoms with Gasteiger partial charge in [-0.2, -0.15) is 0 Å². The van der Waals surface area contributed by atoms with E-state index in [1.165, 1.54) is 11.8 Å². The molecular formula is C28H26ClN3O5S. The lowest BCUT2D eigenvalue weighted by molar-refractivity contribution is -0.138. The molecule has 1 N–H and O–H groups in total. The predicted octanol–water partition coefficient (Wildman–Crippen LogP) is 5.35. The van der Waals surface area contributed by atoms with E-state index in [1.54, 1.807) is 31.2 Å². The third kappa shape index (κ3) is 5.50. The van der Waals surface area contributed by atoms with E-state index in [2.05, 4.69) is 4.99 Å². The molecule has 1 aromatic heterocycles. The second kappa shape index (κ2) is 11.5. The Morgan fingerprint density at radius 1 is 1.16 bits per heavy atom. The fraction of sp³-hybridized carbons (Fsp3) is 0.250. The van der Waals surface area contributed by atoms with Gasteiger partial charge in [-0.05, 0) is 43.3 Å². The van der Waals surface area contributed by atoms with Gasteiger partial charge in [0.05, 0.1) is 30.4 Å². The summed E-state index contributed by atoms with van der Waals surface area (Å²) in [6.45, 7) is 4.31. The minimum atomic E-state index is -0.646. The Hall–Kier alpha value is -3.53. The quantitative estimate of drug-likeness (QED) is 0.415. The third-order valence-electron chi connectivity index (χ3n) is 6.20. The molecule has 2 aliphatic heterocycles. The summed E-state index contributed by atoms with van der Waals surface area (Å²) in [6.07, 6.45) is 3.70. The summed E-state index contributed by atoms with van der Waals surface area (Å²) in [4.78, 5) is 32.6. The number of ether oxygens (including phenoxy) is 2. The summed E-state index contributed by atoms with van der Waals surface area (Å²) in [7, 11) is 0. The van der Waals surface area contributed by atoms with Crippen molar-refractivity contribution in [1.29, 1.82) is 0 Å². The molecule has 0 bridgehead atoms. The maximum Gasteiger partial charge on any atom is 0.344 e. The highest BCUT2D eigenvalue weighted by molar-refractivity contribution is 8.18. The molecular weight excluding hydrogens is 526 g/mol. The standard InChI is InChI=1S/C28H26ClN3O5S/c1-2-37-28(35)25-26(34)23(38-27(25)30-20-9-7-19(29)8-10-20)15-18-16-32(22-6-4-3-5-21(18)22)17-24(33)31-11-13-36-14-12-31/h3-10,15-16,34H,2,11-14,17H2,1H3/b23-15+,30-27?. The van der Waals surface area contributed by atoms with E-state index < -0.39 is 5.97 Å². The van der Waals surface area contributed by atoms with Gasteiger partial charge in [-0.1, -0.05) is 41.6 Å². The molecule has 10 heteroatoms. The normalized spacial score (nSPS) is 18.1. The zero-order chi connectivity index (χ0) is 26.6. The first-order valence-electron chi connectivity index (χ1n) is 12.2. The Balaban J connectivity index is 1.51. The summed E-state index contributed by atoms with van der Waals surface area (Å²) in [5, 5.41) is 12.9. The molecule has 0 saturated carbocycles. The van der Waals surface area contributed by atoms with Crippen LogP contribution in [0.2, 0.25) is 5.02 Å².